The number of hydrogen-bond donors (Lipinski definition) is 1. The zero-order chi connectivity index (χ0) is 14.5. The van der Waals surface area contributed by atoms with Crippen LogP contribution in [0, 0.1) is 0 Å². The molecule has 2 aromatic rings. The minimum absolute atomic E-state index is 0.0318. The van der Waals surface area contributed by atoms with Gasteiger partial charge in [-0.05, 0) is 0 Å². The van der Waals surface area contributed by atoms with Gasteiger partial charge in [-0.25, -0.2) is 4.98 Å². The number of aliphatic hydroxyl groups excluding tert-OH is 1. The van der Waals surface area contributed by atoms with Gasteiger partial charge >= 0.3 is 0 Å². The maximum absolute atomic E-state index is 9.50. The van der Waals surface area contributed by atoms with Crippen molar-refractivity contribution in [1.82, 2.24) is 14.5 Å². The Balaban J connectivity index is 1.71. The van der Waals surface area contributed by atoms with Crippen molar-refractivity contribution in [2.24, 2.45) is 0 Å². The highest BCUT2D eigenvalue weighted by molar-refractivity contribution is 5.58. The topological polar surface area (TPSA) is 50.5 Å². The summed E-state index contributed by atoms with van der Waals surface area (Å²) in [6.07, 6.45) is 2.03. The second-order valence-corrected chi connectivity index (χ2v) is 5.21. The third kappa shape index (κ3) is 3.50. The molecule has 1 aliphatic heterocycles. The molecular weight excluding hydrogens is 266 g/mol. The zero-order valence-electron chi connectivity index (χ0n) is 12.1. The predicted octanol–water partition coefficient (Wildman–Crippen LogP) is 1.37. The van der Waals surface area contributed by atoms with Gasteiger partial charge in [-0.2, -0.15) is 0 Å². The Kier molecular flexibility index (Phi) is 4.65. The van der Waals surface area contributed by atoms with Crippen molar-refractivity contribution in [3.8, 4) is 11.3 Å². The molecule has 1 saturated heterocycles. The van der Waals surface area contributed by atoms with E-state index in [1.165, 1.54) is 0 Å². The number of nitrogens with zero attached hydrogens (tertiary/aromatic N) is 3. The molecule has 0 unspecified atom stereocenters. The van der Waals surface area contributed by atoms with Crippen LogP contribution < -0.4 is 0 Å². The summed E-state index contributed by atoms with van der Waals surface area (Å²) in [4.78, 5) is 6.91. The molecule has 2 heterocycles. The fourth-order valence-electron chi connectivity index (χ4n) is 2.60. The molecule has 112 valence electrons. The van der Waals surface area contributed by atoms with Crippen LogP contribution in [0.25, 0.3) is 11.3 Å². The molecule has 5 heteroatoms. The SMILES string of the molecule is OCc1nc(-c2ccccc2)cn1CCN1CCOCC1. The molecular formula is C16H21N3O2. The molecule has 1 aliphatic rings. The van der Waals surface area contributed by atoms with Crippen molar-refractivity contribution in [3.05, 3.63) is 42.4 Å². The van der Waals surface area contributed by atoms with Crippen LogP contribution in [0.2, 0.25) is 0 Å². The molecule has 1 fully saturated rings. The van der Waals surface area contributed by atoms with Gasteiger partial charge in [0.25, 0.3) is 0 Å². The molecule has 5 nitrogen and oxygen atoms in total. The van der Waals surface area contributed by atoms with Gasteiger partial charge in [0.15, 0.2) is 0 Å². The minimum atomic E-state index is -0.0318. The molecule has 0 radical (unpaired) electrons. The Morgan fingerprint density at radius 2 is 1.86 bits per heavy atom. The van der Waals surface area contributed by atoms with Crippen molar-refractivity contribution in [2.75, 3.05) is 32.8 Å². The van der Waals surface area contributed by atoms with Crippen molar-refractivity contribution in [2.45, 2.75) is 13.2 Å². The normalized spacial score (nSPS) is 16.2. The molecule has 0 atom stereocenters. The van der Waals surface area contributed by atoms with E-state index in [9.17, 15) is 5.11 Å². The summed E-state index contributed by atoms with van der Waals surface area (Å²) in [5.74, 6) is 0.724. The number of ether oxygens (including phenoxy) is 1. The van der Waals surface area contributed by atoms with Crippen LogP contribution in [0.1, 0.15) is 5.82 Å². The highest BCUT2D eigenvalue weighted by Gasteiger charge is 2.12. The lowest BCUT2D eigenvalue weighted by Gasteiger charge is -2.26. The predicted molar refractivity (Wildman–Crippen MR) is 80.8 cm³/mol. The Labute approximate surface area is 124 Å². The quantitative estimate of drug-likeness (QED) is 0.902. The van der Waals surface area contributed by atoms with Crippen LogP contribution in [-0.2, 0) is 17.9 Å². The monoisotopic (exact) mass is 287 g/mol. The lowest BCUT2D eigenvalue weighted by atomic mass is 10.2. The lowest BCUT2D eigenvalue weighted by molar-refractivity contribution is 0.0362. The molecule has 0 amide bonds. The molecule has 0 aliphatic carbocycles. The van der Waals surface area contributed by atoms with Crippen LogP contribution in [0.15, 0.2) is 36.5 Å². The molecule has 0 spiro atoms. The average Bonchev–Trinajstić information content (AvgIpc) is 2.98. The maximum atomic E-state index is 9.50. The first-order valence-electron chi connectivity index (χ1n) is 7.39. The number of rotatable bonds is 5. The van der Waals surface area contributed by atoms with Gasteiger partial charge < -0.3 is 14.4 Å². The molecule has 1 N–H and O–H groups in total. The smallest absolute Gasteiger partial charge is 0.135 e. The Bertz CT molecular complexity index is 562. The third-order valence-electron chi connectivity index (χ3n) is 3.83. The van der Waals surface area contributed by atoms with Crippen LogP contribution in [0.3, 0.4) is 0 Å². The number of morpholine rings is 1. The number of hydrogen-bond acceptors (Lipinski definition) is 4. The Morgan fingerprint density at radius 1 is 1.10 bits per heavy atom. The van der Waals surface area contributed by atoms with Crippen molar-refractivity contribution >= 4 is 0 Å². The highest BCUT2D eigenvalue weighted by Crippen LogP contribution is 2.18. The van der Waals surface area contributed by atoms with Gasteiger partial charge in [0.2, 0.25) is 0 Å². The first-order chi connectivity index (χ1) is 10.4. The number of aliphatic hydroxyl groups is 1. The van der Waals surface area contributed by atoms with Crippen LogP contribution >= 0.6 is 0 Å². The first kappa shape index (κ1) is 14.3. The van der Waals surface area contributed by atoms with E-state index in [1.54, 1.807) is 0 Å². The van der Waals surface area contributed by atoms with Gasteiger partial charge in [-0.3, -0.25) is 4.90 Å². The van der Waals surface area contributed by atoms with E-state index in [1.807, 2.05) is 36.5 Å². The Hall–Kier alpha value is -1.69. The molecule has 21 heavy (non-hydrogen) atoms. The highest BCUT2D eigenvalue weighted by atomic mass is 16.5. The number of aromatic nitrogens is 2. The minimum Gasteiger partial charge on any atom is -0.388 e. The molecule has 1 aromatic heterocycles. The largest absolute Gasteiger partial charge is 0.388 e. The number of imidazole rings is 1. The van der Waals surface area contributed by atoms with Gasteiger partial charge in [-0.1, -0.05) is 30.3 Å². The fraction of sp³-hybridized carbons (Fsp3) is 0.438. The summed E-state index contributed by atoms with van der Waals surface area (Å²) in [6.45, 7) is 5.36. The van der Waals surface area contributed by atoms with Gasteiger partial charge in [0.05, 0.1) is 18.9 Å². The average molecular weight is 287 g/mol. The standard InChI is InChI=1S/C16H21N3O2/c20-13-16-17-15(14-4-2-1-3-5-14)12-19(16)7-6-18-8-10-21-11-9-18/h1-5,12,20H,6-11,13H2. The van der Waals surface area contributed by atoms with E-state index in [0.29, 0.717) is 0 Å². The third-order valence-corrected chi connectivity index (χ3v) is 3.83. The number of benzene rings is 1. The lowest BCUT2D eigenvalue weighted by Crippen LogP contribution is -2.38. The van der Waals surface area contributed by atoms with E-state index in [2.05, 4.69) is 14.5 Å². The Morgan fingerprint density at radius 3 is 2.57 bits per heavy atom. The van der Waals surface area contributed by atoms with E-state index >= 15 is 0 Å². The van der Waals surface area contributed by atoms with Crippen LogP contribution in [0.4, 0.5) is 0 Å². The van der Waals surface area contributed by atoms with Crippen molar-refractivity contribution < 1.29 is 9.84 Å². The fourth-order valence-corrected chi connectivity index (χ4v) is 2.60. The zero-order valence-corrected chi connectivity index (χ0v) is 12.1. The first-order valence-corrected chi connectivity index (χ1v) is 7.39. The molecule has 0 saturated carbocycles. The van der Waals surface area contributed by atoms with Crippen molar-refractivity contribution in [3.63, 3.8) is 0 Å². The molecule has 0 bridgehead atoms. The summed E-state index contributed by atoms with van der Waals surface area (Å²) in [5.41, 5.74) is 2.00. The van der Waals surface area contributed by atoms with E-state index in [-0.39, 0.29) is 6.61 Å². The van der Waals surface area contributed by atoms with E-state index in [0.717, 1.165) is 56.5 Å². The summed E-state index contributed by atoms with van der Waals surface area (Å²) >= 11 is 0. The van der Waals surface area contributed by atoms with Gasteiger partial charge in [0.1, 0.15) is 12.4 Å². The summed E-state index contributed by atoms with van der Waals surface area (Å²) in [7, 11) is 0. The molecule has 3 rings (SSSR count). The summed E-state index contributed by atoms with van der Waals surface area (Å²) in [6, 6.07) is 10.1. The molecule has 1 aromatic carbocycles. The second kappa shape index (κ2) is 6.85. The van der Waals surface area contributed by atoms with Crippen molar-refractivity contribution in [1.29, 1.82) is 0 Å². The van der Waals surface area contributed by atoms with Crippen LogP contribution in [-0.4, -0.2) is 52.4 Å². The van der Waals surface area contributed by atoms with Gasteiger partial charge in [-0.15, -0.1) is 0 Å². The maximum Gasteiger partial charge on any atom is 0.135 e. The van der Waals surface area contributed by atoms with Crippen LogP contribution in [0.5, 0.6) is 0 Å². The van der Waals surface area contributed by atoms with E-state index < -0.39 is 0 Å². The second-order valence-electron chi connectivity index (χ2n) is 5.21. The summed E-state index contributed by atoms with van der Waals surface area (Å²) in [5, 5.41) is 9.50. The van der Waals surface area contributed by atoms with E-state index in [4.69, 9.17) is 4.74 Å². The van der Waals surface area contributed by atoms with Gasteiger partial charge in [0, 0.05) is 37.9 Å². The summed E-state index contributed by atoms with van der Waals surface area (Å²) < 4.78 is 7.41.